The molecular formula is C38H63N7O13. The monoisotopic (exact) mass is 825 g/mol. The molecule has 0 aliphatic rings. The maximum absolute atomic E-state index is 13.4. The van der Waals surface area contributed by atoms with Gasteiger partial charge in [0.25, 0.3) is 5.91 Å². The third kappa shape index (κ3) is 23.8. The summed E-state index contributed by atoms with van der Waals surface area (Å²) in [6, 6.07) is 1.37. The van der Waals surface area contributed by atoms with Gasteiger partial charge >= 0.3 is 18.1 Å². The summed E-state index contributed by atoms with van der Waals surface area (Å²) in [6.07, 6.45) is 1.06. The molecule has 0 radical (unpaired) electrons. The fraction of sp³-hybridized carbons (Fsp3) is 0.658. The Bertz CT molecular complexity index is 1470. The van der Waals surface area contributed by atoms with Crippen LogP contribution in [-0.4, -0.2) is 132 Å². The molecule has 0 saturated heterocycles. The Morgan fingerprint density at radius 1 is 0.759 bits per heavy atom. The fourth-order valence-electron chi connectivity index (χ4n) is 4.85. The molecule has 0 fully saturated rings. The zero-order valence-corrected chi connectivity index (χ0v) is 34.7. The number of methoxy groups -OCH3 is 1. The van der Waals surface area contributed by atoms with Gasteiger partial charge in [0, 0.05) is 51.5 Å². The summed E-state index contributed by atoms with van der Waals surface area (Å²) in [5.41, 5.74) is 4.77. The van der Waals surface area contributed by atoms with Gasteiger partial charge in [0.1, 0.15) is 29.0 Å². The Labute approximate surface area is 340 Å². The molecule has 1 aromatic carbocycles. The Balaban J connectivity index is 2.56. The van der Waals surface area contributed by atoms with Crippen molar-refractivity contribution in [1.29, 1.82) is 0 Å². The lowest BCUT2D eigenvalue weighted by Gasteiger charge is -2.25. The number of alkyl carbamates (subject to hydrolysis) is 1. The summed E-state index contributed by atoms with van der Waals surface area (Å²) in [4.78, 5) is 85.9. The van der Waals surface area contributed by atoms with E-state index in [1.807, 2.05) is 0 Å². The van der Waals surface area contributed by atoms with Crippen molar-refractivity contribution < 1.29 is 62.0 Å². The Kier molecular flexibility index (Phi) is 24.7. The number of anilines is 1. The van der Waals surface area contributed by atoms with Crippen molar-refractivity contribution in [3.8, 4) is 5.75 Å². The van der Waals surface area contributed by atoms with Crippen molar-refractivity contribution in [1.82, 2.24) is 26.6 Å². The van der Waals surface area contributed by atoms with E-state index < -0.39 is 66.0 Å². The standard InChI is InChI=1S/C38H63N7O13/c1-25(2)32(43-26(3)46)34(49)45-29(11-8-14-41-36(39)51)33(48)44-27-12-13-28(35(50)53-7)30(23-27)57-24-31(47)40-15-9-17-54-19-21-56-22-20-55-18-10-16-42-37(52)58-38(4,5)6/h12-13,23,25,29,32H,8-11,14-22,24H2,1-7H3,(H,40,47)(H,42,52)(H,43,46)(H,44,48)(H,45,49)(H3,39,41,51)/t29-,32-/m0/s1. The van der Waals surface area contributed by atoms with Crippen molar-refractivity contribution in [3.63, 3.8) is 0 Å². The molecule has 0 saturated carbocycles. The molecule has 20 nitrogen and oxygen atoms in total. The SMILES string of the molecule is COC(=O)c1ccc(NC(=O)[C@H](CCCNC(N)=O)NC(=O)[C@@H](NC(C)=O)C(C)C)cc1OCC(=O)NCCCOCCOCCOCCCNC(=O)OC(C)(C)C. The summed E-state index contributed by atoms with van der Waals surface area (Å²) in [5.74, 6) is -3.17. The highest BCUT2D eigenvalue weighted by molar-refractivity contribution is 5.99. The van der Waals surface area contributed by atoms with Crippen LogP contribution in [0, 0.1) is 5.92 Å². The van der Waals surface area contributed by atoms with E-state index in [1.54, 1.807) is 34.6 Å². The second kappa shape index (κ2) is 28.2. The molecule has 8 N–H and O–H groups in total. The highest BCUT2D eigenvalue weighted by Crippen LogP contribution is 2.25. The van der Waals surface area contributed by atoms with Crippen LogP contribution in [0.15, 0.2) is 18.2 Å². The minimum absolute atomic E-state index is 0.000495. The summed E-state index contributed by atoms with van der Waals surface area (Å²) in [5, 5.41) is 15.7. The number of ether oxygens (including phenoxy) is 6. The number of hydrogen-bond acceptors (Lipinski definition) is 13. The van der Waals surface area contributed by atoms with Crippen LogP contribution in [0.2, 0.25) is 0 Å². The van der Waals surface area contributed by atoms with Gasteiger partial charge in [-0.25, -0.2) is 14.4 Å². The summed E-state index contributed by atoms with van der Waals surface area (Å²) in [7, 11) is 1.18. The maximum Gasteiger partial charge on any atom is 0.407 e. The zero-order valence-electron chi connectivity index (χ0n) is 34.7. The first-order valence-corrected chi connectivity index (χ1v) is 19.2. The molecule has 1 aromatic rings. The zero-order chi connectivity index (χ0) is 43.5. The average molecular weight is 826 g/mol. The van der Waals surface area contributed by atoms with Gasteiger partial charge in [-0.05, 0) is 64.5 Å². The number of esters is 1. The lowest BCUT2D eigenvalue weighted by molar-refractivity contribution is -0.131. The number of amides is 7. The smallest absolute Gasteiger partial charge is 0.407 e. The Morgan fingerprint density at radius 2 is 1.34 bits per heavy atom. The van der Waals surface area contributed by atoms with Crippen LogP contribution in [0.3, 0.4) is 0 Å². The molecule has 0 aromatic heterocycles. The molecule has 0 spiro atoms. The third-order valence-corrected chi connectivity index (χ3v) is 7.59. The van der Waals surface area contributed by atoms with Gasteiger partial charge in [-0.2, -0.15) is 0 Å². The first-order chi connectivity index (χ1) is 27.4. The second-order valence-corrected chi connectivity index (χ2v) is 14.2. The van der Waals surface area contributed by atoms with E-state index in [4.69, 9.17) is 34.2 Å². The molecule has 328 valence electrons. The van der Waals surface area contributed by atoms with Gasteiger partial charge in [-0.1, -0.05) is 13.8 Å². The van der Waals surface area contributed by atoms with Crippen LogP contribution < -0.4 is 42.4 Å². The molecule has 58 heavy (non-hydrogen) atoms. The third-order valence-electron chi connectivity index (χ3n) is 7.59. The quantitative estimate of drug-likeness (QED) is 0.0465. The van der Waals surface area contributed by atoms with Gasteiger partial charge < -0.3 is 66.1 Å². The molecule has 0 bridgehead atoms. The lowest BCUT2D eigenvalue weighted by Crippen LogP contribution is -2.54. The van der Waals surface area contributed by atoms with E-state index in [9.17, 15) is 33.6 Å². The number of nitrogens with one attached hydrogen (secondary N) is 6. The molecule has 7 amide bonds. The van der Waals surface area contributed by atoms with Crippen LogP contribution in [0.25, 0.3) is 0 Å². The van der Waals surface area contributed by atoms with E-state index in [0.717, 1.165) is 0 Å². The molecule has 20 heteroatoms. The molecule has 0 aliphatic carbocycles. The number of carbonyl (C=O) groups is 7. The largest absolute Gasteiger partial charge is 0.483 e. The van der Waals surface area contributed by atoms with Crippen LogP contribution in [0.5, 0.6) is 5.75 Å². The molecule has 0 unspecified atom stereocenters. The molecule has 0 heterocycles. The number of hydrogen-bond donors (Lipinski definition) is 7. The van der Waals surface area contributed by atoms with E-state index in [-0.39, 0.29) is 42.3 Å². The Hall–Kier alpha value is -5.21. The highest BCUT2D eigenvalue weighted by Gasteiger charge is 2.28. The van der Waals surface area contributed by atoms with Gasteiger partial charge in [-0.15, -0.1) is 0 Å². The maximum atomic E-state index is 13.4. The van der Waals surface area contributed by atoms with Crippen LogP contribution in [0.1, 0.15) is 77.6 Å². The van der Waals surface area contributed by atoms with Crippen LogP contribution in [-0.2, 0) is 42.9 Å². The molecule has 2 atom stereocenters. The van der Waals surface area contributed by atoms with E-state index >= 15 is 0 Å². The summed E-state index contributed by atoms with van der Waals surface area (Å²) < 4.78 is 32.1. The second-order valence-electron chi connectivity index (χ2n) is 14.2. The van der Waals surface area contributed by atoms with Crippen molar-refractivity contribution >= 4 is 47.4 Å². The number of carbonyl (C=O) groups excluding carboxylic acids is 7. The van der Waals surface area contributed by atoms with E-state index in [0.29, 0.717) is 65.6 Å². The van der Waals surface area contributed by atoms with Gasteiger partial charge in [0.15, 0.2) is 6.61 Å². The molecular weight excluding hydrogens is 762 g/mol. The fourth-order valence-corrected chi connectivity index (χ4v) is 4.85. The first kappa shape index (κ1) is 50.8. The van der Waals surface area contributed by atoms with Crippen molar-refractivity contribution in [3.05, 3.63) is 23.8 Å². The minimum atomic E-state index is -1.10. The van der Waals surface area contributed by atoms with Crippen molar-refractivity contribution in [2.45, 2.75) is 84.9 Å². The molecule has 1 rings (SSSR count). The molecule has 0 aliphatic heterocycles. The van der Waals surface area contributed by atoms with Gasteiger partial charge in [0.2, 0.25) is 17.7 Å². The average Bonchev–Trinajstić information content (AvgIpc) is 3.14. The Morgan fingerprint density at radius 3 is 1.90 bits per heavy atom. The number of rotatable bonds is 28. The van der Waals surface area contributed by atoms with Crippen molar-refractivity contribution in [2.24, 2.45) is 11.7 Å². The highest BCUT2D eigenvalue weighted by atomic mass is 16.6. The van der Waals surface area contributed by atoms with Crippen molar-refractivity contribution in [2.75, 3.05) is 78.3 Å². The predicted molar refractivity (Wildman–Crippen MR) is 212 cm³/mol. The normalized spacial score (nSPS) is 12.1. The predicted octanol–water partition coefficient (Wildman–Crippen LogP) is 1.36. The number of urea groups is 1. The minimum Gasteiger partial charge on any atom is -0.483 e. The lowest BCUT2D eigenvalue weighted by atomic mass is 10.0. The van der Waals surface area contributed by atoms with E-state index in [2.05, 4.69) is 31.9 Å². The van der Waals surface area contributed by atoms with Crippen LogP contribution in [0.4, 0.5) is 15.3 Å². The number of benzene rings is 1. The summed E-state index contributed by atoms with van der Waals surface area (Å²) in [6.45, 7) is 12.9. The summed E-state index contributed by atoms with van der Waals surface area (Å²) >= 11 is 0. The first-order valence-electron chi connectivity index (χ1n) is 19.2. The van der Waals surface area contributed by atoms with Gasteiger partial charge in [-0.3, -0.25) is 19.2 Å². The number of primary amides is 1. The van der Waals surface area contributed by atoms with Crippen LogP contribution >= 0.6 is 0 Å². The topological polar surface area (TPSA) is 273 Å². The number of nitrogens with two attached hydrogens (primary N) is 1. The van der Waals surface area contributed by atoms with E-state index in [1.165, 1.54) is 32.2 Å². The van der Waals surface area contributed by atoms with Gasteiger partial charge in [0.05, 0.1) is 33.5 Å².